The first-order chi connectivity index (χ1) is 12.0. The predicted molar refractivity (Wildman–Crippen MR) is 91.5 cm³/mol. The van der Waals surface area contributed by atoms with Crippen molar-refractivity contribution in [3.63, 3.8) is 0 Å². The number of nitrogens with two attached hydrogens (primary N) is 1. The Labute approximate surface area is 144 Å². The summed E-state index contributed by atoms with van der Waals surface area (Å²) in [5, 5.41) is 2.96. The molecule has 2 aromatic rings. The normalized spacial score (nSPS) is 13.8. The molecular formula is C18H17N3O4. The first kappa shape index (κ1) is 16.7. The zero-order valence-electron chi connectivity index (χ0n) is 13.6. The van der Waals surface area contributed by atoms with Crippen LogP contribution in [-0.2, 0) is 11.3 Å². The van der Waals surface area contributed by atoms with Crippen molar-refractivity contribution in [3.05, 3.63) is 59.2 Å². The highest BCUT2D eigenvalue weighted by molar-refractivity contribution is 6.22. The van der Waals surface area contributed by atoms with Crippen LogP contribution in [0.25, 0.3) is 0 Å². The molecule has 25 heavy (non-hydrogen) atoms. The van der Waals surface area contributed by atoms with E-state index in [9.17, 15) is 14.4 Å². The molecule has 7 nitrogen and oxygen atoms in total. The van der Waals surface area contributed by atoms with Crippen LogP contribution in [0.3, 0.4) is 0 Å². The van der Waals surface area contributed by atoms with Crippen LogP contribution in [0.1, 0.15) is 26.3 Å². The van der Waals surface area contributed by atoms with Gasteiger partial charge in [0.2, 0.25) is 11.8 Å². The molecule has 0 atom stereocenters. The number of hydrogen-bond donors (Lipinski definition) is 2. The van der Waals surface area contributed by atoms with Crippen LogP contribution in [0.5, 0.6) is 5.75 Å². The molecular weight excluding hydrogens is 322 g/mol. The van der Waals surface area contributed by atoms with Crippen molar-refractivity contribution in [1.82, 2.24) is 5.32 Å². The molecule has 0 unspecified atom stereocenters. The number of primary amides is 1. The molecule has 128 valence electrons. The van der Waals surface area contributed by atoms with Crippen molar-refractivity contribution in [3.8, 4) is 5.75 Å². The molecule has 1 aliphatic rings. The first-order valence-corrected chi connectivity index (χ1v) is 7.66. The average molecular weight is 339 g/mol. The second-order valence-corrected chi connectivity index (χ2v) is 5.57. The van der Waals surface area contributed by atoms with Gasteiger partial charge < -0.3 is 15.8 Å². The number of hydrogen-bond acceptors (Lipinski definition) is 5. The summed E-state index contributed by atoms with van der Waals surface area (Å²) in [4.78, 5) is 37.9. The summed E-state index contributed by atoms with van der Waals surface area (Å²) >= 11 is 0. The maximum Gasteiger partial charge on any atom is 0.265 e. The number of amides is 3. The minimum Gasteiger partial charge on any atom is -0.497 e. The Morgan fingerprint density at radius 2 is 1.76 bits per heavy atom. The highest BCUT2D eigenvalue weighted by Crippen LogP contribution is 2.26. The maximum atomic E-state index is 12.9. The molecule has 3 rings (SSSR count). The lowest BCUT2D eigenvalue weighted by Gasteiger charge is -2.21. The van der Waals surface area contributed by atoms with Gasteiger partial charge in [0.05, 0.1) is 19.3 Å². The van der Waals surface area contributed by atoms with Gasteiger partial charge in [-0.05, 0) is 48.0 Å². The smallest absolute Gasteiger partial charge is 0.265 e. The van der Waals surface area contributed by atoms with Crippen LogP contribution in [-0.4, -0.2) is 31.4 Å². The fraction of sp³-hybridized carbons (Fsp3) is 0.167. The average Bonchev–Trinajstić information content (AvgIpc) is 2.78. The number of fused-ring (bicyclic) bond motifs is 1. The number of ether oxygens (including phenoxy) is 1. The van der Waals surface area contributed by atoms with Crippen molar-refractivity contribution in [2.75, 3.05) is 18.6 Å². The number of imide groups is 1. The molecule has 0 bridgehead atoms. The summed E-state index contributed by atoms with van der Waals surface area (Å²) in [6, 6.07) is 11.2. The Kier molecular flexibility index (Phi) is 4.49. The Bertz CT molecular complexity index is 846. The lowest BCUT2D eigenvalue weighted by molar-refractivity contribution is -0.117. The van der Waals surface area contributed by atoms with E-state index >= 15 is 0 Å². The number of nitrogens with zero attached hydrogens (tertiary/aromatic N) is 1. The summed E-state index contributed by atoms with van der Waals surface area (Å²) in [6.07, 6.45) is 0. The standard InChI is InChI=1S/C18H17N3O4/c1-25-14-5-2-11(3-6-14)18(24)21-15-7-4-12(17(19)23)8-13(15)9-20-10-16(21)22/h2-8,20H,9-10H2,1H3,(H2,19,23). The van der Waals surface area contributed by atoms with E-state index in [0.29, 0.717) is 34.7 Å². The van der Waals surface area contributed by atoms with Gasteiger partial charge in [-0.3, -0.25) is 14.4 Å². The zero-order valence-corrected chi connectivity index (χ0v) is 13.6. The van der Waals surface area contributed by atoms with Crippen LogP contribution < -0.4 is 20.7 Å². The van der Waals surface area contributed by atoms with E-state index in [-0.39, 0.29) is 12.5 Å². The van der Waals surface area contributed by atoms with Gasteiger partial charge in [-0.25, -0.2) is 4.90 Å². The minimum absolute atomic E-state index is 0.0163. The van der Waals surface area contributed by atoms with E-state index in [1.807, 2.05) is 0 Å². The second-order valence-electron chi connectivity index (χ2n) is 5.57. The molecule has 3 N–H and O–H groups in total. The molecule has 7 heteroatoms. The molecule has 0 aliphatic carbocycles. The van der Waals surface area contributed by atoms with Crippen molar-refractivity contribution < 1.29 is 19.1 Å². The SMILES string of the molecule is COc1ccc(C(=O)N2C(=O)CNCc3cc(C(N)=O)ccc32)cc1. The van der Waals surface area contributed by atoms with Gasteiger partial charge in [0.1, 0.15) is 5.75 Å². The minimum atomic E-state index is -0.564. The lowest BCUT2D eigenvalue weighted by Crippen LogP contribution is -2.40. The molecule has 0 radical (unpaired) electrons. The monoisotopic (exact) mass is 339 g/mol. The van der Waals surface area contributed by atoms with Gasteiger partial charge in [0, 0.05) is 17.7 Å². The van der Waals surface area contributed by atoms with Crippen LogP contribution in [0, 0.1) is 0 Å². The summed E-state index contributed by atoms with van der Waals surface area (Å²) in [5.41, 5.74) is 7.10. The number of rotatable bonds is 3. The lowest BCUT2D eigenvalue weighted by atomic mass is 10.1. The van der Waals surface area contributed by atoms with Crippen molar-refractivity contribution in [1.29, 1.82) is 0 Å². The quantitative estimate of drug-likeness (QED) is 0.815. The largest absolute Gasteiger partial charge is 0.497 e. The van der Waals surface area contributed by atoms with Crippen molar-refractivity contribution >= 4 is 23.4 Å². The van der Waals surface area contributed by atoms with Gasteiger partial charge in [0.15, 0.2) is 0 Å². The molecule has 1 heterocycles. The second kappa shape index (κ2) is 6.74. The van der Waals surface area contributed by atoms with Crippen molar-refractivity contribution in [2.45, 2.75) is 6.54 Å². The summed E-state index contributed by atoms with van der Waals surface area (Å²) in [6.45, 7) is 0.372. The third-order valence-corrected chi connectivity index (χ3v) is 3.99. The Morgan fingerprint density at radius 1 is 1.08 bits per heavy atom. The highest BCUT2D eigenvalue weighted by atomic mass is 16.5. The summed E-state index contributed by atoms with van der Waals surface area (Å²) in [7, 11) is 1.54. The van der Waals surface area contributed by atoms with E-state index in [1.165, 1.54) is 13.2 Å². The van der Waals surface area contributed by atoms with Crippen LogP contribution in [0.2, 0.25) is 0 Å². The van der Waals surface area contributed by atoms with Crippen molar-refractivity contribution in [2.24, 2.45) is 5.73 Å². The fourth-order valence-electron chi connectivity index (χ4n) is 2.70. The molecule has 3 amide bonds. The first-order valence-electron chi connectivity index (χ1n) is 7.66. The number of carbonyl (C=O) groups excluding carboxylic acids is 3. The van der Waals surface area contributed by atoms with E-state index in [4.69, 9.17) is 10.5 Å². The van der Waals surface area contributed by atoms with Gasteiger partial charge in [-0.15, -0.1) is 0 Å². The molecule has 0 spiro atoms. The topological polar surface area (TPSA) is 102 Å². The third kappa shape index (κ3) is 3.22. The van der Waals surface area contributed by atoms with Gasteiger partial charge in [-0.1, -0.05) is 0 Å². The summed E-state index contributed by atoms with van der Waals surface area (Å²) < 4.78 is 5.08. The zero-order chi connectivity index (χ0) is 18.0. The Morgan fingerprint density at radius 3 is 2.40 bits per heavy atom. The molecule has 0 fully saturated rings. The fourth-order valence-corrected chi connectivity index (χ4v) is 2.70. The molecule has 0 saturated heterocycles. The third-order valence-electron chi connectivity index (χ3n) is 3.99. The van der Waals surface area contributed by atoms with Crippen LogP contribution in [0.15, 0.2) is 42.5 Å². The molecule has 2 aromatic carbocycles. The number of benzene rings is 2. The van der Waals surface area contributed by atoms with E-state index in [1.54, 1.807) is 36.4 Å². The Hall–Kier alpha value is -3.19. The Balaban J connectivity index is 2.03. The van der Waals surface area contributed by atoms with Gasteiger partial charge >= 0.3 is 0 Å². The maximum absolute atomic E-state index is 12.9. The predicted octanol–water partition coefficient (Wildman–Crippen LogP) is 1.07. The number of nitrogens with one attached hydrogen (secondary N) is 1. The molecule has 0 saturated carbocycles. The van der Waals surface area contributed by atoms with Gasteiger partial charge in [0.25, 0.3) is 5.91 Å². The highest BCUT2D eigenvalue weighted by Gasteiger charge is 2.29. The van der Waals surface area contributed by atoms with E-state index in [2.05, 4.69) is 5.32 Å². The van der Waals surface area contributed by atoms with E-state index in [0.717, 1.165) is 4.90 Å². The number of carbonyl (C=O) groups is 3. The summed E-state index contributed by atoms with van der Waals surface area (Å²) in [5.74, 6) is -0.755. The number of methoxy groups -OCH3 is 1. The molecule has 1 aliphatic heterocycles. The molecule has 0 aromatic heterocycles. The van der Waals surface area contributed by atoms with E-state index < -0.39 is 11.8 Å². The number of anilines is 1. The van der Waals surface area contributed by atoms with Gasteiger partial charge in [-0.2, -0.15) is 0 Å². The van der Waals surface area contributed by atoms with Crippen LogP contribution >= 0.6 is 0 Å². The van der Waals surface area contributed by atoms with Crippen LogP contribution in [0.4, 0.5) is 5.69 Å².